The minimum atomic E-state index is -1.31. The fourth-order valence-electron chi connectivity index (χ4n) is 0.851. The van der Waals surface area contributed by atoms with Crippen LogP contribution in [-0.4, -0.2) is 14.9 Å². The molecule has 0 saturated carbocycles. The molecule has 60 valence electrons. The van der Waals surface area contributed by atoms with Crippen molar-refractivity contribution in [2.45, 2.75) is 33.0 Å². The topological polar surface area (TPSA) is 9.23 Å². The minimum absolute atomic E-state index is 0.858. The molecular formula is C8H18OSi. The first-order valence-corrected chi connectivity index (χ1v) is 6.99. The SMILES string of the molecule is CC=CC[Si](C)(C)OCC. The second kappa shape index (κ2) is 4.69. The van der Waals surface area contributed by atoms with E-state index in [2.05, 4.69) is 39.1 Å². The van der Waals surface area contributed by atoms with E-state index < -0.39 is 8.32 Å². The molecule has 0 aromatic carbocycles. The molecule has 10 heavy (non-hydrogen) atoms. The third-order valence-electron chi connectivity index (χ3n) is 1.38. The molecule has 0 rings (SSSR count). The van der Waals surface area contributed by atoms with E-state index in [4.69, 9.17) is 4.43 Å². The van der Waals surface area contributed by atoms with Crippen LogP contribution in [0.2, 0.25) is 19.1 Å². The summed E-state index contributed by atoms with van der Waals surface area (Å²) in [6.45, 7) is 9.46. The summed E-state index contributed by atoms with van der Waals surface area (Å²) in [6.07, 6.45) is 4.29. The Morgan fingerprint density at radius 3 is 2.40 bits per heavy atom. The van der Waals surface area contributed by atoms with Crippen molar-refractivity contribution in [3.8, 4) is 0 Å². The Hall–Kier alpha value is -0.0831. The molecule has 0 radical (unpaired) electrons. The van der Waals surface area contributed by atoms with Gasteiger partial charge in [0.1, 0.15) is 0 Å². The van der Waals surface area contributed by atoms with Crippen molar-refractivity contribution >= 4 is 8.32 Å². The van der Waals surface area contributed by atoms with Crippen LogP contribution in [0.15, 0.2) is 12.2 Å². The summed E-state index contributed by atoms with van der Waals surface area (Å²) in [7, 11) is -1.31. The van der Waals surface area contributed by atoms with Gasteiger partial charge in [-0.25, -0.2) is 0 Å². The van der Waals surface area contributed by atoms with Gasteiger partial charge in [0, 0.05) is 6.61 Å². The van der Waals surface area contributed by atoms with Crippen LogP contribution in [0.4, 0.5) is 0 Å². The molecule has 0 fully saturated rings. The maximum absolute atomic E-state index is 5.62. The van der Waals surface area contributed by atoms with Crippen LogP contribution in [0.3, 0.4) is 0 Å². The first-order valence-electron chi connectivity index (χ1n) is 3.87. The molecule has 0 heterocycles. The maximum Gasteiger partial charge on any atom is 0.190 e. The van der Waals surface area contributed by atoms with Gasteiger partial charge in [-0.3, -0.25) is 0 Å². The van der Waals surface area contributed by atoms with Crippen molar-refractivity contribution in [2.75, 3.05) is 6.61 Å². The highest BCUT2D eigenvalue weighted by Gasteiger charge is 2.18. The monoisotopic (exact) mass is 158 g/mol. The Bertz CT molecular complexity index is 108. The molecule has 2 heteroatoms. The molecule has 0 amide bonds. The summed E-state index contributed by atoms with van der Waals surface area (Å²) in [5.74, 6) is 0. The zero-order valence-corrected chi connectivity index (χ0v) is 8.48. The number of hydrogen-bond donors (Lipinski definition) is 0. The molecule has 1 nitrogen and oxygen atoms in total. The smallest absolute Gasteiger partial charge is 0.190 e. The van der Waals surface area contributed by atoms with Gasteiger partial charge in [0.15, 0.2) is 8.32 Å². The van der Waals surface area contributed by atoms with Crippen molar-refractivity contribution in [1.29, 1.82) is 0 Å². The summed E-state index contributed by atoms with van der Waals surface area (Å²) in [5.41, 5.74) is 0. The van der Waals surface area contributed by atoms with E-state index in [-0.39, 0.29) is 0 Å². The van der Waals surface area contributed by atoms with E-state index in [1.807, 2.05) is 0 Å². The highest BCUT2D eigenvalue weighted by molar-refractivity contribution is 6.71. The molecule has 0 spiro atoms. The maximum atomic E-state index is 5.62. The minimum Gasteiger partial charge on any atom is -0.417 e. The Kier molecular flexibility index (Phi) is 4.65. The summed E-state index contributed by atoms with van der Waals surface area (Å²) >= 11 is 0. The molecule has 0 aromatic heterocycles. The lowest BCUT2D eigenvalue weighted by molar-refractivity contribution is 0.331. The standard InChI is InChI=1S/C8H18OSi/c1-5-7-8-10(3,4)9-6-2/h5,7H,6,8H2,1-4H3. The number of hydrogen-bond acceptors (Lipinski definition) is 1. The van der Waals surface area contributed by atoms with E-state index >= 15 is 0 Å². The van der Waals surface area contributed by atoms with E-state index in [9.17, 15) is 0 Å². The normalized spacial score (nSPS) is 12.8. The Balaban J connectivity index is 3.62. The van der Waals surface area contributed by atoms with Crippen LogP contribution in [0.5, 0.6) is 0 Å². The third-order valence-corrected chi connectivity index (χ3v) is 3.67. The molecule has 0 aliphatic carbocycles. The van der Waals surface area contributed by atoms with Gasteiger partial charge in [-0.2, -0.15) is 0 Å². The second-order valence-corrected chi connectivity index (χ2v) is 7.18. The molecule has 0 atom stereocenters. The largest absolute Gasteiger partial charge is 0.417 e. The average Bonchev–Trinajstić information content (AvgIpc) is 1.84. The second-order valence-electron chi connectivity index (χ2n) is 2.97. The van der Waals surface area contributed by atoms with Gasteiger partial charge in [-0.15, -0.1) is 0 Å². The Labute approximate surface area is 65.2 Å². The third kappa shape index (κ3) is 4.76. The van der Waals surface area contributed by atoms with E-state index in [1.54, 1.807) is 0 Å². The quantitative estimate of drug-likeness (QED) is 0.451. The molecule has 0 aliphatic heterocycles. The molecule has 0 bridgehead atoms. The van der Waals surface area contributed by atoms with Crippen molar-refractivity contribution in [3.63, 3.8) is 0 Å². The average molecular weight is 158 g/mol. The lowest BCUT2D eigenvalue weighted by atomic mass is 10.6. The predicted molar refractivity (Wildman–Crippen MR) is 48.7 cm³/mol. The molecular weight excluding hydrogens is 140 g/mol. The zero-order chi connectivity index (χ0) is 8.04. The highest BCUT2D eigenvalue weighted by atomic mass is 28.4. The van der Waals surface area contributed by atoms with Gasteiger partial charge < -0.3 is 4.43 Å². The van der Waals surface area contributed by atoms with Gasteiger partial charge in [0.25, 0.3) is 0 Å². The number of rotatable bonds is 4. The van der Waals surface area contributed by atoms with Gasteiger partial charge in [-0.1, -0.05) is 12.2 Å². The van der Waals surface area contributed by atoms with E-state index in [0.29, 0.717) is 0 Å². The molecule has 0 aromatic rings. The molecule has 0 unspecified atom stereocenters. The highest BCUT2D eigenvalue weighted by Crippen LogP contribution is 2.10. The van der Waals surface area contributed by atoms with Crippen molar-refractivity contribution in [3.05, 3.63) is 12.2 Å². The van der Waals surface area contributed by atoms with Crippen LogP contribution in [0.25, 0.3) is 0 Å². The molecule has 0 N–H and O–H groups in total. The van der Waals surface area contributed by atoms with Crippen LogP contribution < -0.4 is 0 Å². The Morgan fingerprint density at radius 2 is 2.00 bits per heavy atom. The molecule has 0 aliphatic rings. The van der Waals surface area contributed by atoms with Gasteiger partial charge in [0.05, 0.1) is 0 Å². The summed E-state index contributed by atoms with van der Waals surface area (Å²) in [4.78, 5) is 0. The van der Waals surface area contributed by atoms with E-state index in [0.717, 1.165) is 12.7 Å². The summed E-state index contributed by atoms with van der Waals surface area (Å²) in [6, 6.07) is 1.14. The number of allylic oxidation sites excluding steroid dienone is 2. The summed E-state index contributed by atoms with van der Waals surface area (Å²) < 4.78 is 5.62. The fraction of sp³-hybridized carbons (Fsp3) is 0.750. The summed E-state index contributed by atoms with van der Waals surface area (Å²) in [5, 5.41) is 0. The van der Waals surface area contributed by atoms with Crippen LogP contribution in [-0.2, 0) is 4.43 Å². The van der Waals surface area contributed by atoms with E-state index in [1.165, 1.54) is 0 Å². The lowest BCUT2D eigenvalue weighted by Crippen LogP contribution is -2.29. The fourth-order valence-corrected chi connectivity index (χ4v) is 2.55. The Morgan fingerprint density at radius 1 is 1.40 bits per heavy atom. The van der Waals surface area contributed by atoms with Crippen LogP contribution >= 0.6 is 0 Å². The van der Waals surface area contributed by atoms with Crippen molar-refractivity contribution in [1.82, 2.24) is 0 Å². The van der Waals surface area contributed by atoms with Crippen molar-refractivity contribution < 1.29 is 4.43 Å². The van der Waals surface area contributed by atoms with Gasteiger partial charge in [0.2, 0.25) is 0 Å². The van der Waals surface area contributed by atoms with Gasteiger partial charge >= 0.3 is 0 Å². The first kappa shape index (κ1) is 9.92. The predicted octanol–water partition coefficient (Wildman–Crippen LogP) is 2.80. The lowest BCUT2D eigenvalue weighted by Gasteiger charge is -2.19. The molecule has 0 saturated heterocycles. The first-order chi connectivity index (χ1) is 4.62. The van der Waals surface area contributed by atoms with Crippen molar-refractivity contribution in [2.24, 2.45) is 0 Å². The van der Waals surface area contributed by atoms with Gasteiger partial charge in [-0.05, 0) is 33.0 Å². The van der Waals surface area contributed by atoms with Crippen LogP contribution in [0, 0.1) is 0 Å². The van der Waals surface area contributed by atoms with Crippen LogP contribution in [0.1, 0.15) is 13.8 Å². The zero-order valence-electron chi connectivity index (χ0n) is 7.48.